The zero-order valence-corrected chi connectivity index (χ0v) is 8.89. The van der Waals surface area contributed by atoms with Crippen LogP contribution < -0.4 is 5.73 Å². The molecule has 1 aromatic heterocycles. The highest BCUT2D eigenvalue weighted by Gasteiger charge is 2.11. The Hall–Kier alpha value is -1.92. The van der Waals surface area contributed by atoms with Gasteiger partial charge in [-0.05, 0) is 19.3 Å². The third kappa shape index (κ3) is 2.36. The van der Waals surface area contributed by atoms with E-state index >= 15 is 0 Å². The molecule has 3 N–H and O–H groups in total. The number of nitrogens with zero attached hydrogens (tertiary/aromatic N) is 4. The maximum atomic E-state index is 11.0. The van der Waals surface area contributed by atoms with Crippen LogP contribution in [-0.4, -0.2) is 34.0 Å². The molecule has 7 nitrogen and oxygen atoms in total. The summed E-state index contributed by atoms with van der Waals surface area (Å²) >= 11 is 0. The van der Waals surface area contributed by atoms with Crippen LogP contribution in [0, 0.1) is 0 Å². The molecule has 7 heteroatoms. The number of hydrogen-bond donors (Lipinski definition) is 2. The molecule has 86 valence electrons. The molecule has 0 spiro atoms. The van der Waals surface area contributed by atoms with E-state index in [4.69, 9.17) is 5.73 Å². The molecule has 0 aromatic carbocycles. The Balaban J connectivity index is 2.04. The lowest BCUT2D eigenvalue weighted by Gasteiger charge is -2.21. The standard InChI is InChI=1S/C9H14N6O/c10-8(16)7-9(12-6-11-7)13-14-15-4-2-1-3-5-15/h6H,1-5H2,(H2,10,16)(H,11,12). The highest BCUT2D eigenvalue weighted by Crippen LogP contribution is 2.15. The molecule has 16 heavy (non-hydrogen) atoms. The molecular formula is C9H14N6O. The van der Waals surface area contributed by atoms with Crippen LogP contribution in [0.15, 0.2) is 16.7 Å². The van der Waals surface area contributed by atoms with Gasteiger partial charge in [-0.2, -0.15) is 0 Å². The number of rotatable bonds is 3. The molecule has 0 unspecified atom stereocenters. The number of primary amides is 1. The second-order valence-electron chi connectivity index (χ2n) is 3.67. The molecule has 0 atom stereocenters. The van der Waals surface area contributed by atoms with Crippen LogP contribution in [-0.2, 0) is 0 Å². The van der Waals surface area contributed by atoms with Gasteiger partial charge in [0.15, 0.2) is 5.69 Å². The molecule has 1 fully saturated rings. The van der Waals surface area contributed by atoms with Gasteiger partial charge >= 0.3 is 0 Å². The summed E-state index contributed by atoms with van der Waals surface area (Å²) in [5, 5.41) is 9.83. The number of carbonyl (C=O) groups excluding carboxylic acids is 1. The molecule has 0 bridgehead atoms. The van der Waals surface area contributed by atoms with Gasteiger partial charge < -0.3 is 10.7 Å². The average Bonchev–Trinajstić information content (AvgIpc) is 2.76. The van der Waals surface area contributed by atoms with Gasteiger partial charge in [0.05, 0.1) is 6.33 Å². The van der Waals surface area contributed by atoms with Gasteiger partial charge in [-0.15, -0.1) is 5.11 Å². The van der Waals surface area contributed by atoms with Gasteiger partial charge in [0.2, 0.25) is 5.82 Å². The largest absolute Gasteiger partial charge is 0.364 e. The molecule has 0 saturated carbocycles. The normalized spacial score (nSPS) is 16.9. The number of carbonyl (C=O) groups is 1. The summed E-state index contributed by atoms with van der Waals surface area (Å²) in [6.45, 7) is 1.81. The lowest BCUT2D eigenvalue weighted by molar-refractivity contribution is 0.0996. The van der Waals surface area contributed by atoms with E-state index in [9.17, 15) is 4.79 Å². The van der Waals surface area contributed by atoms with Crippen LogP contribution in [0.3, 0.4) is 0 Å². The Morgan fingerprint density at radius 3 is 2.88 bits per heavy atom. The number of hydrogen-bond acceptors (Lipinski definition) is 4. The number of aromatic amines is 1. The number of piperidine rings is 1. The molecule has 1 aromatic rings. The van der Waals surface area contributed by atoms with Crippen molar-refractivity contribution < 1.29 is 4.79 Å². The Kier molecular flexibility index (Phi) is 3.13. The molecular weight excluding hydrogens is 208 g/mol. The van der Waals surface area contributed by atoms with E-state index in [-0.39, 0.29) is 11.5 Å². The number of aromatic nitrogens is 2. The molecule has 2 heterocycles. The minimum Gasteiger partial charge on any atom is -0.364 e. The lowest BCUT2D eigenvalue weighted by Crippen LogP contribution is -2.23. The van der Waals surface area contributed by atoms with E-state index < -0.39 is 5.91 Å². The topological polar surface area (TPSA) is 99.7 Å². The number of nitrogens with one attached hydrogen (secondary N) is 1. The molecule has 1 aliphatic heterocycles. The Morgan fingerprint density at radius 1 is 1.44 bits per heavy atom. The van der Waals surface area contributed by atoms with Gasteiger partial charge in [0.25, 0.3) is 5.91 Å². The minimum absolute atomic E-state index is 0.195. The van der Waals surface area contributed by atoms with Crippen molar-refractivity contribution in [2.45, 2.75) is 19.3 Å². The first kappa shape index (κ1) is 10.6. The number of H-pyrrole nitrogens is 1. The Bertz CT molecular complexity index is 392. The SMILES string of the molecule is NC(=O)c1[nH]cnc1N=NN1CCCCC1. The van der Waals surface area contributed by atoms with Crippen molar-refractivity contribution in [3.8, 4) is 0 Å². The smallest absolute Gasteiger partial charge is 0.269 e. The summed E-state index contributed by atoms with van der Waals surface area (Å²) in [5.41, 5.74) is 5.34. The number of imidazole rings is 1. The number of nitrogens with two attached hydrogens (primary N) is 1. The van der Waals surface area contributed by atoms with E-state index in [1.54, 1.807) is 0 Å². The van der Waals surface area contributed by atoms with Gasteiger partial charge in [-0.1, -0.05) is 5.22 Å². The molecule has 1 amide bonds. The van der Waals surface area contributed by atoms with Crippen LogP contribution >= 0.6 is 0 Å². The van der Waals surface area contributed by atoms with Gasteiger partial charge in [-0.25, -0.2) is 4.98 Å². The number of amides is 1. The first-order valence-electron chi connectivity index (χ1n) is 5.27. The van der Waals surface area contributed by atoms with Crippen LogP contribution in [0.2, 0.25) is 0 Å². The van der Waals surface area contributed by atoms with Crippen molar-refractivity contribution in [1.29, 1.82) is 0 Å². The molecule has 1 saturated heterocycles. The summed E-state index contributed by atoms with van der Waals surface area (Å²) in [7, 11) is 0. The highest BCUT2D eigenvalue weighted by atomic mass is 16.1. The van der Waals surface area contributed by atoms with Gasteiger partial charge in [-0.3, -0.25) is 9.80 Å². The fraction of sp³-hybridized carbons (Fsp3) is 0.556. The van der Waals surface area contributed by atoms with Crippen LogP contribution in [0.4, 0.5) is 5.82 Å². The van der Waals surface area contributed by atoms with Crippen molar-refractivity contribution in [3.63, 3.8) is 0 Å². The molecule has 0 radical (unpaired) electrons. The maximum Gasteiger partial charge on any atom is 0.269 e. The fourth-order valence-electron chi connectivity index (χ4n) is 1.62. The minimum atomic E-state index is -0.579. The summed E-state index contributed by atoms with van der Waals surface area (Å²) in [4.78, 5) is 17.5. The van der Waals surface area contributed by atoms with Crippen molar-refractivity contribution in [1.82, 2.24) is 15.0 Å². The van der Waals surface area contributed by atoms with E-state index in [2.05, 4.69) is 20.3 Å². The van der Waals surface area contributed by atoms with Crippen LogP contribution in [0.25, 0.3) is 0 Å². The molecule has 0 aliphatic carbocycles. The maximum absolute atomic E-state index is 11.0. The second kappa shape index (κ2) is 4.73. The predicted octanol–water partition coefficient (Wildman–Crippen LogP) is 0.993. The molecule has 1 aliphatic rings. The van der Waals surface area contributed by atoms with E-state index in [0.717, 1.165) is 25.9 Å². The van der Waals surface area contributed by atoms with Crippen molar-refractivity contribution in [2.24, 2.45) is 16.1 Å². The quantitative estimate of drug-likeness (QED) is 0.746. The monoisotopic (exact) mass is 222 g/mol. The van der Waals surface area contributed by atoms with E-state index in [1.165, 1.54) is 12.7 Å². The second-order valence-corrected chi connectivity index (χ2v) is 3.67. The Labute approximate surface area is 92.7 Å². The Morgan fingerprint density at radius 2 is 2.19 bits per heavy atom. The zero-order valence-electron chi connectivity index (χ0n) is 8.89. The van der Waals surface area contributed by atoms with Crippen molar-refractivity contribution in [2.75, 3.05) is 13.1 Å². The van der Waals surface area contributed by atoms with Crippen LogP contribution in [0.5, 0.6) is 0 Å². The van der Waals surface area contributed by atoms with Gasteiger partial charge in [0, 0.05) is 13.1 Å². The summed E-state index contributed by atoms with van der Waals surface area (Å²) in [6.07, 6.45) is 4.87. The highest BCUT2D eigenvalue weighted by molar-refractivity contribution is 5.94. The molecule has 2 rings (SSSR count). The lowest BCUT2D eigenvalue weighted by atomic mass is 10.2. The predicted molar refractivity (Wildman–Crippen MR) is 57.0 cm³/mol. The van der Waals surface area contributed by atoms with Crippen LogP contribution in [0.1, 0.15) is 29.8 Å². The zero-order chi connectivity index (χ0) is 11.4. The van der Waals surface area contributed by atoms with Crippen molar-refractivity contribution in [3.05, 3.63) is 12.0 Å². The van der Waals surface area contributed by atoms with Crippen molar-refractivity contribution >= 4 is 11.7 Å². The average molecular weight is 222 g/mol. The fourth-order valence-corrected chi connectivity index (χ4v) is 1.62. The third-order valence-corrected chi connectivity index (χ3v) is 2.46. The summed E-state index contributed by atoms with van der Waals surface area (Å²) < 4.78 is 0. The van der Waals surface area contributed by atoms with E-state index in [0.29, 0.717) is 0 Å². The third-order valence-electron chi connectivity index (χ3n) is 2.46. The summed E-state index contributed by atoms with van der Waals surface area (Å²) in [5.74, 6) is -0.330. The first-order chi connectivity index (χ1) is 7.77. The summed E-state index contributed by atoms with van der Waals surface area (Å²) in [6, 6.07) is 0. The van der Waals surface area contributed by atoms with Gasteiger partial charge in [0.1, 0.15) is 0 Å². The first-order valence-corrected chi connectivity index (χ1v) is 5.27. The van der Waals surface area contributed by atoms with E-state index in [1.807, 2.05) is 5.01 Å².